The van der Waals surface area contributed by atoms with Crippen LogP contribution in [0.3, 0.4) is 0 Å². The number of nitrogens with zero attached hydrogens (tertiary/aromatic N) is 3. The van der Waals surface area contributed by atoms with Crippen molar-refractivity contribution in [3.05, 3.63) is 46.5 Å². The summed E-state index contributed by atoms with van der Waals surface area (Å²) in [7, 11) is 0. The molecule has 1 aliphatic rings. The van der Waals surface area contributed by atoms with Crippen LogP contribution in [0.1, 0.15) is 35.2 Å². The lowest BCUT2D eigenvalue weighted by atomic mass is 10.1. The monoisotopic (exact) mass is 464 g/mol. The Bertz CT molecular complexity index is 1090. The van der Waals surface area contributed by atoms with Crippen LogP contribution >= 0.6 is 11.6 Å². The van der Waals surface area contributed by atoms with E-state index in [1.807, 2.05) is 0 Å². The number of aliphatic hydroxyl groups excluding tert-OH is 1. The predicted molar refractivity (Wildman–Crippen MR) is 105 cm³/mol. The number of carbonyl (C=O) groups excluding carboxylic acids is 2. The van der Waals surface area contributed by atoms with Crippen molar-refractivity contribution in [2.75, 3.05) is 6.61 Å². The van der Waals surface area contributed by atoms with Crippen molar-refractivity contribution < 1.29 is 38.8 Å². The third kappa shape index (κ3) is 5.14. The number of esters is 1. The van der Waals surface area contributed by atoms with Crippen LogP contribution in [0.5, 0.6) is 0 Å². The fourth-order valence-corrected chi connectivity index (χ4v) is 3.14. The van der Waals surface area contributed by atoms with E-state index in [4.69, 9.17) is 36.7 Å². The molecule has 1 amide bonds. The number of carbonyl (C=O) groups is 3. The zero-order valence-electron chi connectivity index (χ0n) is 16.5. The number of carboxylic acid groups (broad SMARTS) is 1. The zero-order valence-corrected chi connectivity index (χ0v) is 17.2. The Morgan fingerprint density at radius 3 is 2.47 bits per heavy atom. The molecule has 12 nitrogen and oxygen atoms in total. The van der Waals surface area contributed by atoms with Gasteiger partial charge in [0.2, 0.25) is 11.6 Å². The number of hydrogen-bond donors (Lipinski definition) is 3. The average Bonchev–Trinajstić information content (AvgIpc) is 3.29. The zero-order chi connectivity index (χ0) is 23.4. The number of aromatic nitrogens is 3. The Hall–Kier alpha value is -3.66. The summed E-state index contributed by atoms with van der Waals surface area (Å²) in [5.74, 6) is 3.17. The van der Waals surface area contributed by atoms with Crippen molar-refractivity contribution in [2.24, 2.45) is 5.73 Å². The van der Waals surface area contributed by atoms with Crippen molar-refractivity contribution in [3.8, 4) is 11.8 Å². The van der Waals surface area contributed by atoms with Crippen molar-refractivity contribution in [1.29, 1.82) is 0 Å². The number of nitrogens with two attached hydrogens (primary N) is 1. The maximum atomic E-state index is 11.9. The highest BCUT2D eigenvalue weighted by Crippen LogP contribution is 2.34. The number of primary amides is 1. The van der Waals surface area contributed by atoms with Crippen LogP contribution in [-0.2, 0) is 19.0 Å². The van der Waals surface area contributed by atoms with Gasteiger partial charge in [0.1, 0.15) is 6.10 Å². The smallest absolute Gasteiger partial charge is 0.454 e. The highest BCUT2D eigenvalue weighted by Gasteiger charge is 2.51. The molecule has 2 heterocycles. The van der Waals surface area contributed by atoms with E-state index in [9.17, 15) is 19.5 Å². The van der Waals surface area contributed by atoms with E-state index in [0.717, 1.165) is 11.6 Å². The molecule has 2 aromatic rings. The first kappa shape index (κ1) is 23.0. The molecule has 0 bridgehead atoms. The first-order chi connectivity index (χ1) is 15.2. The molecule has 1 aromatic heterocycles. The van der Waals surface area contributed by atoms with Crippen LogP contribution in [0, 0.1) is 11.8 Å². The first-order valence-electron chi connectivity index (χ1n) is 9.06. The molecule has 0 saturated carbocycles. The van der Waals surface area contributed by atoms with E-state index in [2.05, 4.69) is 21.9 Å². The number of benzene rings is 1. The number of amides is 1. The molecule has 4 N–H and O–H groups in total. The van der Waals surface area contributed by atoms with E-state index in [-0.39, 0.29) is 11.6 Å². The van der Waals surface area contributed by atoms with Crippen LogP contribution in [0.15, 0.2) is 24.3 Å². The molecule has 2 unspecified atom stereocenters. The van der Waals surface area contributed by atoms with E-state index < -0.39 is 49.2 Å². The third-order valence-electron chi connectivity index (χ3n) is 4.26. The minimum absolute atomic E-state index is 0.109. The van der Waals surface area contributed by atoms with Crippen molar-refractivity contribution in [2.45, 2.75) is 31.5 Å². The molecule has 1 saturated heterocycles. The number of rotatable bonds is 5. The Balaban J connectivity index is 2.00. The molecule has 4 atom stereocenters. The highest BCUT2D eigenvalue weighted by atomic mass is 35.5. The molecule has 0 aliphatic carbocycles. The van der Waals surface area contributed by atoms with Crippen LogP contribution in [-0.4, -0.2) is 67.9 Å². The van der Waals surface area contributed by atoms with Gasteiger partial charge in [-0.25, -0.2) is 9.48 Å². The molecule has 0 radical (unpaired) electrons. The molecular weight excluding hydrogens is 448 g/mol. The van der Waals surface area contributed by atoms with Gasteiger partial charge in [-0.1, -0.05) is 17.5 Å². The van der Waals surface area contributed by atoms with Gasteiger partial charge in [0.15, 0.2) is 18.4 Å². The summed E-state index contributed by atoms with van der Waals surface area (Å²) in [6, 6.07) is 6.61. The largest absolute Gasteiger partial charge is 0.506 e. The number of aliphatic hydroxyl groups is 1. The molecule has 3 rings (SSSR count). The van der Waals surface area contributed by atoms with Crippen LogP contribution in [0.2, 0.25) is 5.02 Å². The normalized spacial score (nSPS) is 22.0. The van der Waals surface area contributed by atoms with Gasteiger partial charge >= 0.3 is 12.1 Å². The number of halogens is 1. The molecule has 32 heavy (non-hydrogen) atoms. The van der Waals surface area contributed by atoms with Gasteiger partial charge in [0, 0.05) is 17.5 Å². The second kappa shape index (κ2) is 9.65. The Morgan fingerprint density at radius 2 is 1.91 bits per heavy atom. The van der Waals surface area contributed by atoms with E-state index in [0.29, 0.717) is 10.6 Å². The fourth-order valence-electron chi connectivity index (χ4n) is 3.01. The van der Waals surface area contributed by atoms with Gasteiger partial charge in [-0.15, -0.1) is 5.10 Å². The molecule has 1 aliphatic heterocycles. The van der Waals surface area contributed by atoms with E-state index >= 15 is 0 Å². The lowest BCUT2D eigenvalue weighted by molar-refractivity contribution is -0.157. The molecular formula is C19H17ClN4O8. The van der Waals surface area contributed by atoms with Crippen LogP contribution in [0.4, 0.5) is 4.79 Å². The number of ether oxygens (including phenoxy) is 3. The summed E-state index contributed by atoms with van der Waals surface area (Å²) in [6.45, 7) is 0.413. The van der Waals surface area contributed by atoms with Crippen molar-refractivity contribution in [3.63, 3.8) is 0 Å². The molecule has 1 fully saturated rings. The molecule has 0 spiro atoms. The summed E-state index contributed by atoms with van der Waals surface area (Å²) >= 11 is 5.83. The third-order valence-corrected chi connectivity index (χ3v) is 4.51. The van der Waals surface area contributed by atoms with Crippen molar-refractivity contribution >= 4 is 29.6 Å². The Morgan fingerprint density at radius 1 is 1.22 bits per heavy atom. The van der Waals surface area contributed by atoms with E-state index in [1.165, 1.54) is 0 Å². The predicted octanol–water partition coefficient (Wildman–Crippen LogP) is 0.315. The van der Waals surface area contributed by atoms with Gasteiger partial charge in [0.25, 0.3) is 5.91 Å². The van der Waals surface area contributed by atoms with Gasteiger partial charge in [-0.3, -0.25) is 9.59 Å². The van der Waals surface area contributed by atoms with Gasteiger partial charge in [0.05, 0.1) is 6.61 Å². The fraction of sp³-hybridized carbons (Fsp3) is 0.316. The second-order valence-electron chi connectivity index (χ2n) is 6.49. The van der Waals surface area contributed by atoms with Crippen LogP contribution < -0.4 is 5.73 Å². The highest BCUT2D eigenvalue weighted by molar-refractivity contribution is 6.30. The summed E-state index contributed by atoms with van der Waals surface area (Å²) < 4.78 is 16.4. The number of hydrogen-bond acceptors (Lipinski definition) is 9. The van der Waals surface area contributed by atoms with Gasteiger partial charge in [-0.05, 0) is 30.2 Å². The molecule has 13 heteroatoms. The maximum absolute atomic E-state index is 11.9. The quantitative estimate of drug-likeness (QED) is 0.412. The van der Waals surface area contributed by atoms with Gasteiger partial charge < -0.3 is 30.2 Å². The second-order valence-corrected chi connectivity index (χ2v) is 6.93. The summed E-state index contributed by atoms with van der Waals surface area (Å²) in [5.41, 5.74) is 5.98. The van der Waals surface area contributed by atoms with Gasteiger partial charge in [-0.2, -0.15) is 4.98 Å². The topological polar surface area (TPSA) is 176 Å². The Kier molecular flexibility index (Phi) is 6.94. The van der Waals surface area contributed by atoms with E-state index in [1.54, 1.807) is 24.3 Å². The SMILES string of the molecule is CC(=O)O[C@@H]1C(n2nc(C#Cc3ccc(Cl)cc3)nc2C(N)=O)OC(CO)[C@@H]1OC(=O)O. The van der Waals surface area contributed by atoms with Crippen LogP contribution in [0.25, 0.3) is 0 Å². The average molecular weight is 465 g/mol. The molecule has 1 aromatic carbocycles. The minimum Gasteiger partial charge on any atom is -0.454 e. The maximum Gasteiger partial charge on any atom is 0.506 e. The lowest BCUT2D eigenvalue weighted by Gasteiger charge is -2.22. The Labute approximate surface area is 185 Å². The lowest BCUT2D eigenvalue weighted by Crippen LogP contribution is -2.40. The summed E-state index contributed by atoms with van der Waals surface area (Å²) in [5, 5.41) is 23.2. The molecule has 168 valence electrons. The minimum atomic E-state index is -1.68. The summed E-state index contributed by atoms with van der Waals surface area (Å²) in [4.78, 5) is 38.6. The summed E-state index contributed by atoms with van der Waals surface area (Å²) in [6.07, 6.45) is -7.06. The first-order valence-corrected chi connectivity index (χ1v) is 9.44. The van der Waals surface area contributed by atoms with Crippen molar-refractivity contribution in [1.82, 2.24) is 14.8 Å². The standard InChI is InChI=1S/C19H17ClN4O8/c1-9(26)30-15-14(32-19(28)29)12(8-25)31-18(15)24-17(16(21)27)22-13(23-24)7-4-10-2-5-11(20)6-3-10/h2-3,5-6,12,14-15,18,25H,8H2,1H3,(H2,21,27)(H,28,29)/t12?,14-,15-,18?/m0/s1.